The molecule has 0 saturated carbocycles. The Labute approximate surface area is 263 Å². The van der Waals surface area contributed by atoms with Crippen LogP contribution < -0.4 is 24.6 Å². The molecule has 0 aliphatic carbocycles. The number of morpholine rings is 1. The molecule has 4 heterocycles. The van der Waals surface area contributed by atoms with Crippen LogP contribution in [0.3, 0.4) is 0 Å². The van der Waals surface area contributed by atoms with Gasteiger partial charge in [-0.15, -0.1) is 0 Å². The third-order valence-corrected chi connectivity index (χ3v) is 9.04. The highest BCUT2D eigenvalue weighted by atomic mass is 32.2. The molecule has 44 heavy (non-hydrogen) atoms. The maximum absolute atomic E-state index is 12.0. The second-order valence-electron chi connectivity index (χ2n) is 11.0. The topological polar surface area (TPSA) is 101 Å². The van der Waals surface area contributed by atoms with Gasteiger partial charge in [-0.05, 0) is 86.2 Å². The van der Waals surface area contributed by atoms with Crippen molar-refractivity contribution in [2.24, 2.45) is 0 Å². The molecule has 2 aliphatic heterocycles. The first-order valence-corrected chi connectivity index (χ1v) is 16.7. The number of benzene rings is 2. The summed E-state index contributed by atoms with van der Waals surface area (Å²) in [5.41, 5.74) is 7.54. The zero-order chi connectivity index (χ0) is 31.0. The molecule has 10 nitrogen and oxygen atoms in total. The second-order valence-corrected chi connectivity index (χ2v) is 13.2. The molecule has 0 unspecified atom stereocenters. The van der Waals surface area contributed by atoms with E-state index in [4.69, 9.17) is 21.7 Å². The summed E-state index contributed by atoms with van der Waals surface area (Å²) in [6, 6.07) is 21.6. The lowest BCUT2D eigenvalue weighted by atomic mass is 9.96. The van der Waals surface area contributed by atoms with Gasteiger partial charge in [-0.2, -0.15) is 0 Å². The molecule has 2 fully saturated rings. The lowest BCUT2D eigenvalue weighted by molar-refractivity contribution is 0.122. The van der Waals surface area contributed by atoms with E-state index in [9.17, 15) is 8.42 Å². The van der Waals surface area contributed by atoms with Gasteiger partial charge in [0.25, 0.3) is 0 Å². The maximum atomic E-state index is 12.0. The highest BCUT2D eigenvalue weighted by molar-refractivity contribution is 7.92. The van der Waals surface area contributed by atoms with Crippen LogP contribution in [-0.4, -0.2) is 62.8 Å². The Morgan fingerprint density at radius 3 is 2.36 bits per heavy atom. The number of pyridine rings is 1. The summed E-state index contributed by atoms with van der Waals surface area (Å²) in [6.07, 6.45) is 2.90. The van der Waals surface area contributed by atoms with Crippen molar-refractivity contribution in [3.8, 4) is 11.4 Å². The number of aryl methyl sites for hydroxylation is 1. The zero-order valence-corrected chi connectivity index (χ0v) is 26.8. The first-order chi connectivity index (χ1) is 21.1. The van der Waals surface area contributed by atoms with Gasteiger partial charge in [0.1, 0.15) is 5.75 Å². The number of thiocarbonyl (C=S) groups is 1. The van der Waals surface area contributed by atoms with Gasteiger partial charge in [-0.3, -0.25) is 9.71 Å². The molecule has 0 radical (unpaired) electrons. The SMILES string of the molecule is COc1cc(N2C(=S)N[C@H](c3ccccn3)[C@@H]2c2cc(C)n(-c3ccc(N4CCOCC4)cc3)c2C)ccc1NS(C)(=O)=O. The number of rotatable bonds is 8. The Bertz CT molecular complexity index is 1770. The van der Waals surface area contributed by atoms with Crippen LogP contribution in [0.2, 0.25) is 0 Å². The predicted molar refractivity (Wildman–Crippen MR) is 178 cm³/mol. The number of hydrogen-bond acceptors (Lipinski definition) is 7. The van der Waals surface area contributed by atoms with E-state index in [1.54, 1.807) is 18.3 Å². The van der Waals surface area contributed by atoms with E-state index in [0.29, 0.717) is 16.5 Å². The van der Waals surface area contributed by atoms with Gasteiger partial charge in [0.05, 0.1) is 50.0 Å². The molecular weight excluding hydrogens is 597 g/mol. The molecule has 2 N–H and O–H groups in total. The Morgan fingerprint density at radius 2 is 1.70 bits per heavy atom. The minimum atomic E-state index is -3.50. The van der Waals surface area contributed by atoms with Crippen molar-refractivity contribution < 1.29 is 17.9 Å². The number of hydrogen-bond donors (Lipinski definition) is 2. The van der Waals surface area contributed by atoms with E-state index in [1.165, 1.54) is 12.8 Å². The van der Waals surface area contributed by atoms with Gasteiger partial charge in [0.15, 0.2) is 5.11 Å². The number of ether oxygens (including phenoxy) is 2. The Balaban J connectivity index is 1.42. The molecule has 2 aliphatic rings. The van der Waals surface area contributed by atoms with Crippen LogP contribution in [0.15, 0.2) is 72.9 Å². The summed E-state index contributed by atoms with van der Waals surface area (Å²) in [6.45, 7) is 7.51. The Hall–Kier alpha value is -4.13. The average Bonchev–Trinajstić information content (AvgIpc) is 3.52. The largest absolute Gasteiger partial charge is 0.494 e. The number of nitrogens with zero attached hydrogens (tertiary/aromatic N) is 4. The van der Waals surface area contributed by atoms with Crippen molar-refractivity contribution in [3.05, 3.63) is 95.6 Å². The minimum Gasteiger partial charge on any atom is -0.494 e. The summed E-state index contributed by atoms with van der Waals surface area (Å²) < 4.78 is 39.8. The van der Waals surface area contributed by atoms with Crippen LogP contribution in [0, 0.1) is 13.8 Å². The van der Waals surface area contributed by atoms with Crippen LogP contribution in [0.4, 0.5) is 17.1 Å². The van der Waals surface area contributed by atoms with E-state index in [0.717, 1.165) is 66.6 Å². The van der Waals surface area contributed by atoms with Crippen LogP contribution in [-0.2, 0) is 14.8 Å². The minimum absolute atomic E-state index is 0.235. The molecule has 230 valence electrons. The zero-order valence-electron chi connectivity index (χ0n) is 25.1. The molecule has 12 heteroatoms. The monoisotopic (exact) mass is 632 g/mol. The number of methoxy groups -OCH3 is 1. The molecule has 2 saturated heterocycles. The van der Waals surface area contributed by atoms with Crippen molar-refractivity contribution in [2.45, 2.75) is 25.9 Å². The number of nitrogens with one attached hydrogen (secondary N) is 2. The highest BCUT2D eigenvalue weighted by Crippen LogP contribution is 2.45. The van der Waals surface area contributed by atoms with E-state index in [-0.39, 0.29) is 12.1 Å². The van der Waals surface area contributed by atoms with Crippen molar-refractivity contribution in [3.63, 3.8) is 0 Å². The van der Waals surface area contributed by atoms with Crippen LogP contribution in [0.1, 0.15) is 34.7 Å². The van der Waals surface area contributed by atoms with Gasteiger partial charge in [-0.1, -0.05) is 6.07 Å². The summed E-state index contributed by atoms with van der Waals surface area (Å²) in [7, 11) is -1.98. The first kappa shape index (κ1) is 29.9. The third kappa shape index (κ3) is 5.84. The molecule has 2 aromatic heterocycles. The molecule has 0 amide bonds. The summed E-state index contributed by atoms with van der Waals surface area (Å²) in [4.78, 5) is 9.10. The second kappa shape index (κ2) is 12.1. The van der Waals surface area contributed by atoms with E-state index in [2.05, 4.69) is 73.6 Å². The van der Waals surface area contributed by atoms with Crippen molar-refractivity contribution in [1.29, 1.82) is 0 Å². The number of aromatic nitrogens is 2. The Morgan fingerprint density at radius 1 is 1.00 bits per heavy atom. The van der Waals surface area contributed by atoms with Crippen LogP contribution in [0.5, 0.6) is 5.75 Å². The lowest BCUT2D eigenvalue weighted by Crippen LogP contribution is -2.36. The van der Waals surface area contributed by atoms with Gasteiger partial charge in [0, 0.05) is 53.8 Å². The van der Waals surface area contributed by atoms with E-state index >= 15 is 0 Å². The van der Waals surface area contributed by atoms with Crippen molar-refractivity contribution in [1.82, 2.24) is 14.9 Å². The standard InChI is InChI=1S/C32H36N6O4S2/c1-21-19-26(22(2)37(21)24-10-8-23(9-11-24)36-15-17-42-18-16-36)31-30(28-7-5-6-14-33-28)34-32(43)38(31)25-12-13-27(29(20-25)41-3)35-44(4,39)40/h5-14,19-20,30-31,35H,15-18H2,1-4H3,(H,34,43)/t30-,31+/m1/s1. The molecule has 2 atom stereocenters. The molecule has 2 aromatic carbocycles. The van der Waals surface area contributed by atoms with E-state index < -0.39 is 10.0 Å². The Kier molecular flexibility index (Phi) is 8.23. The fourth-order valence-corrected chi connectivity index (χ4v) is 7.10. The maximum Gasteiger partial charge on any atom is 0.229 e. The number of sulfonamides is 1. The third-order valence-electron chi connectivity index (χ3n) is 8.13. The van der Waals surface area contributed by atoms with Crippen LogP contribution in [0.25, 0.3) is 5.69 Å². The predicted octanol–water partition coefficient (Wildman–Crippen LogP) is 4.88. The van der Waals surface area contributed by atoms with Crippen molar-refractivity contribution >= 4 is 44.4 Å². The van der Waals surface area contributed by atoms with Gasteiger partial charge < -0.3 is 29.2 Å². The molecule has 4 aromatic rings. The fraction of sp³-hybridized carbons (Fsp3) is 0.312. The summed E-state index contributed by atoms with van der Waals surface area (Å²) in [5.74, 6) is 0.390. The summed E-state index contributed by atoms with van der Waals surface area (Å²) >= 11 is 5.94. The van der Waals surface area contributed by atoms with Crippen LogP contribution >= 0.6 is 12.2 Å². The molecule has 0 spiro atoms. The van der Waals surface area contributed by atoms with Gasteiger partial charge in [0.2, 0.25) is 10.0 Å². The van der Waals surface area contributed by atoms with E-state index in [1.807, 2.05) is 24.3 Å². The van der Waals surface area contributed by atoms with Gasteiger partial charge in [-0.25, -0.2) is 8.42 Å². The first-order valence-electron chi connectivity index (χ1n) is 14.4. The van der Waals surface area contributed by atoms with Crippen molar-refractivity contribution in [2.75, 3.05) is 54.2 Å². The summed E-state index contributed by atoms with van der Waals surface area (Å²) in [5, 5.41) is 4.05. The lowest BCUT2D eigenvalue weighted by Gasteiger charge is -2.29. The smallest absolute Gasteiger partial charge is 0.229 e. The number of anilines is 3. The molecular formula is C32H36N6O4S2. The highest BCUT2D eigenvalue weighted by Gasteiger charge is 2.42. The fourth-order valence-electron chi connectivity index (χ4n) is 6.18. The molecule has 6 rings (SSSR count). The quantitative estimate of drug-likeness (QED) is 0.263. The molecule has 0 bridgehead atoms. The average molecular weight is 633 g/mol. The normalized spacial score (nSPS) is 18.8. The van der Waals surface area contributed by atoms with Gasteiger partial charge >= 0.3 is 0 Å².